The molecule has 12 heteroatoms. The van der Waals surface area contributed by atoms with Crippen molar-refractivity contribution in [2.24, 2.45) is 0 Å². The molecule has 1 heterocycles. The van der Waals surface area contributed by atoms with Crippen molar-refractivity contribution in [3.05, 3.63) is 158 Å². The molecule has 0 amide bonds. The lowest BCUT2D eigenvalue weighted by molar-refractivity contribution is -0.301. The maximum atomic E-state index is 13.1. The van der Waals surface area contributed by atoms with Crippen molar-refractivity contribution in [2.75, 3.05) is 13.2 Å². The van der Waals surface area contributed by atoms with Crippen LogP contribution in [0, 0.1) is 0 Å². The van der Waals surface area contributed by atoms with Gasteiger partial charge in [0.2, 0.25) is 0 Å². The van der Waals surface area contributed by atoms with Gasteiger partial charge in [-0.3, -0.25) is 14.4 Å². The zero-order valence-electron chi connectivity index (χ0n) is 48.3. The van der Waals surface area contributed by atoms with E-state index in [2.05, 4.69) is 142 Å². The third-order valence-electron chi connectivity index (χ3n) is 12.1. The number of hydrogen-bond acceptors (Lipinski definition) is 11. The SMILES string of the molecule is CC/C=C\C/C=C\C/C=C\C/C=C\C/C=C\C/C=C\CCC(=O)OC1C(OCC(COC(=O)CCCCCCCCC/C=C\C/C=C\C/C=C\CC)OC(=O)CC/C=C\C/C=C\C/C=C\C/C=C\CC)OC(C(=O)O)C(O)C1O. The molecular weight excluding hydrogens is 997 g/mol. The number of ether oxygens (including phenoxy) is 5. The summed E-state index contributed by atoms with van der Waals surface area (Å²) >= 11 is 0. The van der Waals surface area contributed by atoms with Crippen molar-refractivity contribution < 1.29 is 58.2 Å². The van der Waals surface area contributed by atoms with Gasteiger partial charge in [-0.05, 0) is 116 Å². The summed E-state index contributed by atoms with van der Waals surface area (Å²) in [5.41, 5.74) is 0. The first-order chi connectivity index (χ1) is 38.6. The van der Waals surface area contributed by atoms with E-state index in [1.54, 1.807) is 0 Å². The van der Waals surface area contributed by atoms with Gasteiger partial charge >= 0.3 is 23.9 Å². The molecule has 79 heavy (non-hydrogen) atoms. The van der Waals surface area contributed by atoms with Crippen LogP contribution in [0.25, 0.3) is 0 Å². The molecule has 1 fully saturated rings. The van der Waals surface area contributed by atoms with Gasteiger partial charge in [0.25, 0.3) is 0 Å². The van der Waals surface area contributed by atoms with E-state index < -0.39 is 67.3 Å². The number of rotatable bonds is 47. The van der Waals surface area contributed by atoms with E-state index in [-0.39, 0.29) is 25.9 Å². The maximum Gasteiger partial charge on any atom is 0.335 e. The molecule has 1 saturated heterocycles. The fraction of sp³-hybridized carbons (Fsp3) is 0.552. The lowest BCUT2D eigenvalue weighted by atomic mass is 9.98. The van der Waals surface area contributed by atoms with E-state index in [4.69, 9.17) is 23.7 Å². The molecule has 1 aliphatic rings. The summed E-state index contributed by atoms with van der Waals surface area (Å²) in [7, 11) is 0. The van der Waals surface area contributed by atoms with Crippen molar-refractivity contribution in [3.8, 4) is 0 Å². The fourth-order valence-electron chi connectivity index (χ4n) is 7.71. The van der Waals surface area contributed by atoms with E-state index in [0.29, 0.717) is 32.1 Å². The summed E-state index contributed by atoms with van der Waals surface area (Å²) in [5, 5.41) is 31.5. The molecule has 0 bridgehead atoms. The standard InChI is InChI=1S/C67H100O12/c1-4-7-10-13-16-19-22-25-27-29-30-32-34-37-40-43-46-49-52-55-61(70)78-65-63(72)62(71)64(66(73)74)79-67(65)76-57-58(77-60(69)54-51-48-45-42-39-35-24-21-18-15-12-9-6-3)56-75-59(68)53-50-47-44-41-38-36-33-31-28-26-23-20-17-14-11-8-5-2/h7-12,16-21,25-28,30,32,35,37,39-40,45-46,48-49,58,62-65,67,71-72H,4-6,13-15,22-24,29,31,33-34,36,38,41-44,47,50-57H2,1-3H3,(H,73,74)/b10-7-,11-8-,12-9-,19-16-,20-17-,21-18-,27-25-,28-26-,32-30-,39-35-,40-37-,48-45-,49-46-. The van der Waals surface area contributed by atoms with E-state index in [0.717, 1.165) is 116 Å². The van der Waals surface area contributed by atoms with Gasteiger partial charge in [-0.2, -0.15) is 0 Å². The third-order valence-corrected chi connectivity index (χ3v) is 12.1. The molecule has 0 aromatic heterocycles. The predicted octanol–water partition coefficient (Wildman–Crippen LogP) is 15.3. The first kappa shape index (κ1) is 71.4. The average molecular weight is 1100 g/mol. The number of carboxylic acid groups (broad SMARTS) is 1. The Balaban J connectivity index is 2.77. The Kier molecular flexibility index (Phi) is 47.9. The summed E-state index contributed by atoms with van der Waals surface area (Å²) in [6, 6.07) is 0. The molecule has 0 radical (unpaired) electrons. The topological polar surface area (TPSA) is 175 Å². The van der Waals surface area contributed by atoms with Gasteiger partial charge in [-0.1, -0.05) is 211 Å². The van der Waals surface area contributed by atoms with Crippen LogP contribution < -0.4 is 0 Å². The highest BCUT2D eigenvalue weighted by Crippen LogP contribution is 2.26. The van der Waals surface area contributed by atoms with Gasteiger partial charge in [-0.25, -0.2) is 4.79 Å². The van der Waals surface area contributed by atoms with Gasteiger partial charge in [0.05, 0.1) is 6.61 Å². The number of carbonyl (C=O) groups is 4. The smallest absolute Gasteiger partial charge is 0.335 e. The molecule has 6 unspecified atom stereocenters. The van der Waals surface area contributed by atoms with Gasteiger partial charge in [0.1, 0.15) is 18.8 Å². The summed E-state index contributed by atoms with van der Waals surface area (Å²) in [5.74, 6) is -3.38. The van der Waals surface area contributed by atoms with E-state index in [9.17, 15) is 34.5 Å². The minimum atomic E-state index is -1.95. The molecule has 0 aliphatic carbocycles. The number of allylic oxidation sites excluding steroid dienone is 26. The quantitative estimate of drug-likeness (QED) is 0.0228. The monoisotopic (exact) mass is 1100 g/mol. The van der Waals surface area contributed by atoms with Gasteiger partial charge in [0.15, 0.2) is 24.6 Å². The lowest BCUT2D eigenvalue weighted by Crippen LogP contribution is -2.61. The van der Waals surface area contributed by atoms with Crippen molar-refractivity contribution in [3.63, 3.8) is 0 Å². The minimum absolute atomic E-state index is 0.0212. The molecule has 3 N–H and O–H groups in total. The number of carbonyl (C=O) groups excluding carboxylic acids is 3. The molecule has 0 aromatic rings. The Morgan fingerprint density at radius 2 is 0.785 bits per heavy atom. The van der Waals surface area contributed by atoms with Gasteiger partial charge < -0.3 is 39.0 Å². The zero-order chi connectivity index (χ0) is 57.5. The van der Waals surface area contributed by atoms with Crippen LogP contribution in [0.5, 0.6) is 0 Å². The van der Waals surface area contributed by atoms with Crippen molar-refractivity contribution in [1.29, 1.82) is 0 Å². The highest BCUT2D eigenvalue weighted by Gasteiger charge is 2.50. The molecule has 1 aliphatic heterocycles. The zero-order valence-corrected chi connectivity index (χ0v) is 48.3. The van der Waals surface area contributed by atoms with Crippen LogP contribution in [0.4, 0.5) is 0 Å². The molecule has 6 atom stereocenters. The second kappa shape index (κ2) is 53.0. The van der Waals surface area contributed by atoms with Crippen LogP contribution in [-0.4, -0.2) is 89.2 Å². The highest BCUT2D eigenvalue weighted by atomic mass is 16.7. The van der Waals surface area contributed by atoms with E-state index in [1.165, 1.54) is 0 Å². The molecule has 0 spiro atoms. The predicted molar refractivity (Wildman–Crippen MR) is 321 cm³/mol. The van der Waals surface area contributed by atoms with Gasteiger partial charge in [0, 0.05) is 19.3 Å². The molecule has 0 aromatic carbocycles. The minimum Gasteiger partial charge on any atom is -0.479 e. The number of unbranched alkanes of at least 4 members (excludes halogenated alkanes) is 7. The van der Waals surface area contributed by atoms with Crippen molar-refractivity contribution in [1.82, 2.24) is 0 Å². The molecular formula is C67H100O12. The second-order valence-electron chi connectivity index (χ2n) is 19.1. The van der Waals surface area contributed by atoms with Crippen LogP contribution >= 0.6 is 0 Å². The first-order valence-corrected chi connectivity index (χ1v) is 29.5. The summed E-state index contributed by atoms with van der Waals surface area (Å²) < 4.78 is 28.2. The Bertz CT molecular complexity index is 1980. The molecule has 0 saturated carbocycles. The molecule has 12 nitrogen and oxygen atoms in total. The lowest BCUT2D eigenvalue weighted by Gasteiger charge is -2.40. The number of esters is 3. The number of aliphatic hydroxyl groups is 2. The number of aliphatic hydroxyl groups excluding tert-OH is 2. The summed E-state index contributed by atoms with van der Waals surface area (Å²) in [4.78, 5) is 51.1. The van der Waals surface area contributed by atoms with Crippen LogP contribution in [0.1, 0.15) is 188 Å². The van der Waals surface area contributed by atoms with Crippen LogP contribution in [0.2, 0.25) is 0 Å². The van der Waals surface area contributed by atoms with E-state index >= 15 is 0 Å². The summed E-state index contributed by atoms with van der Waals surface area (Å²) in [6.07, 6.45) is 65.3. The highest BCUT2D eigenvalue weighted by molar-refractivity contribution is 5.74. The van der Waals surface area contributed by atoms with Crippen LogP contribution in [0.3, 0.4) is 0 Å². The van der Waals surface area contributed by atoms with Gasteiger partial charge in [-0.15, -0.1) is 0 Å². The molecule has 1 rings (SSSR count). The number of carboxylic acids is 1. The number of hydrogen-bond donors (Lipinski definition) is 3. The Morgan fingerprint density at radius 3 is 1.20 bits per heavy atom. The third kappa shape index (κ3) is 42.9. The summed E-state index contributed by atoms with van der Waals surface area (Å²) in [6.45, 7) is 5.53. The Hall–Kier alpha value is -5.66. The number of aliphatic carboxylic acids is 1. The normalized spacial score (nSPS) is 19.0. The average Bonchev–Trinajstić information content (AvgIpc) is 3.46. The first-order valence-electron chi connectivity index (χ1n) is 29.5. The van der Waals surface area contributed by atoms with Crippen LogP contribution in [0.15, 0.2) is 158 Å². The Labute approximate surface area is 475 Å². The second-order valence-corrected chi connectivity index (χ2v) is 19.1. The largest absolute Gasteiger partial charge is 0.479 e. The maximum absolute atomic E-state index is 13.1. The van der Waals surface area contributed by atoms with Crippen molar-refractivity contribution in [2.45, 2.75) is 225 Å². The molecule has 440 valence electrons. The van der Waals surface area contributed by atoms with Crippen molar-refractivity contribution >= 4 is 23.9 Å². The van der Waals surface area contributed by atoms with E-state index in [1.807, 2.05) is 36.5 Å². The van der Waals surface area contributed by atoms with Crippen LogP contribution in [-0.2, 0) is 42.9 Å². The fourth-order valence-corrected chi connectivity index (χ4v) is 7.71. The Morgan fingerprint density at radius 1 is 0.418 bits per heavy atom.